The number of alkyl halides is 6. The fourth-order valence-electron chi connectivity index (χ4n) is 21.8. The third-order valence-electron chi connectivity index (χ3n) is 28.6. The normalized spacial score (nSPS) is 16.3. The Balaban J connectivity index is -0.000000302. The van der Waals surface area contributed by atoms with Crippen LogP contribution in [0.25, 0.3) is 0 Å². The fourth-order valence-corrected chi connectivity index (χ4v) is 21.8. The molecular formula is C139H250F6. The highest BCUT2D eigenvalue weighted by atomic mass is 19.4. The van der Waals surface area contributed by atoms with E-state index in [-0.39, 0.29) is 110 Å². The molecule has 4 aliphatic carbocycles. The Kier molecular flexibility index (Phi) is 60.8. The summed E-state index contributed by atoms with van der Waals surface area (Å²) in [5.41, 5.74) is 25.5. The van der Waals surface area contributed by atoms with Crippen LogP contribution in [0.5, 0.6) is 0 Å². The van der Waals surface area contributed by atoms with Gasteiger partial charge in [0.25, 0.3) is 0 Å². The molecule has 6 aromatic carbocycles. The number of benzene rings is 6. The summed E-state index contributed by atoms with van der Waals surface area (Å²) in [5.74, 6) is 7.77. The maximum atomic E-state index is 13.3. The highest BCUT2D eigenvalue weighted by Crippen LogP contribution is 2.66. The highest BCUT2D eigenvalue weighted by molar-refractivity contribution is 5.50. The first-order chi connectivity index (χ1) is 61.0. The standard InChI is InChI=1S/C20H28F6.C20H34.C19H32.2C18H30.C16H26.C14H24.C6H14.8CH4/c1-16(2,3)15-13(11-17(4,5)19(21,22)23)9-8-10-14(15)12-18(6,7)20(24,25)26;1-18(2,3)13-15-11-10-12-16(14-19(4,5)6)17(15)20(7,8)9;1-12(2)15-10-16(13(3)4)18(19(7,8)9)17(11-15)14(5)6;1-16(2,3)13-11-10-12-14(17(4,5)6)15(13)18(7,8)9;1-13(2)11-15-9-8-10-16(12-14(3)4)17(15)18(5,6)7;1-11(2)13-9-8-10-14(12(3)4)15(13)16(5,6)7;1-13(2,3)14-7-10-4-11(8-14)6-12(5-10)9-14;1-5-6(2,3)4;;;;;;;;/h8-10H,11-12H2,1-7H3;10-12H,13-14H2,1-9H3;10-14H,1-9H3;10-12H,1-9H3;8-10,13-14H,11-12H2,1-7H3;8-12H,1-7H3;10-12H,4-9H2,1-3H3;5H2,1-4H3;8*1H4. The summed E-state index contributed by atoms with van der Waals surface area (Å²) in [4.78, 5) is 0. The smallest absolute Gasteiger partial charge is 0.171 e. The lowest BCUT2D eigenvalue weighted by Crippen LogP contribution is -2.51. The summed E-state index contributed by atoms with van der Waals surface area (Å²) in [6.07, 6.45) is 6.02. The Bertz CT molecular complexity index is 4410. The van der Waals surface area contributed by atoms with Crippen molar-refractivity contribution in [1.29, 1.82) is 0 Å². The molecule has 0 spiro atoms. The van der Waals surface area contributed by atoms with Gasteiger partial charge < -0.3 is 0 Å². The van der Waals surface area contributed by atoms with Gasteiger partial charge >= 0.3 is 12.4 Å². The largest absolute Gasteiger partial charge is 0.394 e. The minimum Gasteiger partial charge on any atom is -0.171 e. The molecule has 0 aliphatic heterocycles. The summed E-state index contributed by atoms with van der Waals surface area (Å²) in [5, 5.41) is 0. The second-order valence-corrected chi connectivity index (χ2v) is 59.4. The maximum absolute atomic E-state index is 13.3. The van der Waals surface area contributed by atoms with E-state index in [2.05, 4.69) is 417 Å². The summed E-state index contributed by atoms with van der Waals surface area (Å²) in [6, 6.07) is 37.0. The van der Waals surface area contributed by atoms with E-state index in [1.54, 1.807) is 101 Å². The maximum Gasteiger partial charge on any atom is 0.394 e. The van der Waals surface area contributed by atoms with Crippen molar-refractivity contribution in [3.8, 4) is 0 Å². The third-order valence-corrected chi connectivity index (χ3v) is 28.6. The average molecular weight is 2040 g/mol. The molecule has 10 rings (SSSR count). The van der Waals surface area contributed by atoms with Gasteiger partial charge in [-0.2, -0.15) is 26.3 Å². The summed E-state index contributed by atoms with van der Waals surface area (Å²) in [6.45, 7) is 121. The van der Waals surface area contributed by atoms with Gasteiger partial charge in [0.05, 0.1) is 10.8 Å². The van der Waals surface area contributed by atoms with E-state index < -0.39 is 28.6 Å². The van der Waals surface area contributed by atoms with Crippen LogP contribution in [0.15, 0.2) is 103 Å². The average Bonchev–Trinajstić information content (AvgIpc) is 0.734. The van der Waals surface area contributed by atoms with Crippen LogP contribution < -0.4 is 0 Å². The van der Waals surface area contributed by atoms with Crippen molar-refractivity contribution in [2.75, 3.05) is 0 Å². The number of halogens is 6. The third kappa shape index (κ3) is 47.6. The molecule has 0 N–H and O–H groups in total. The van der Waals surface area contributed by atoms with Crippen molar-refractivity contribution >= 4 is 0 Å². The Labute approximate surface area is 905 Å². The molecule has 0 amide bonds. The van der Waals surface area contributed by atoms with Crippen molar-refractivity contribution in [3.63, 3.8) is 0 Å². The molecule has 0 nitrogen and oxygen atoms in total. The molecule has 4 fully saturated rings. The Hall–Kier alpha value is -5.10. The predicted molar refractivity (Wildman–Crippen MR) is 653 cm³/mol. The summed E-state index contributed by atoms with van der Waals surface area (Å²) < 4.78 is 80.0. The molecule has 4 saturated carbocycles. The molecule has 0 unspecified atom stereocenters. The van der Waals surface area contributed by atoms with Crippen LogP contribution in [-0.2, 0) is 81.8 Å². The lowest BCUT2D eigenvalue weighted by atomic mass is 9.43. The molecule has 848 valence electrons. The quantitative estimate of drug-likeness (QED) is 0.0899. The molecule has 0 saturated heterocycles. The van der Waals surface area contributed by atoms with E-state index in [0.29, 0.717) is 67.9 Å². The van der Waals surface area contributed by atoms with Gasteiger partial charge in [0.2, 0.25) is 0 Å². The number of hydrogen-bond acceptors (Lipinski definition) is 0. The van der Waals surface area contributed by atoms with Crippen molar-refractivity contribution in [1.82, 2.24) is 0 Å². The van der Waals surface area contributed by atoms with Crippen LogP contribution in [0.1, 0.15) is 620 Å². The van der Waals surface area contributed by atoms with E-state index in [0.717, 1.165) is 75.5 Å². The Morgan fingerprint density at radius 2 is 0.469 bits per heavy atom. The van der Waals surface area contributed by atoms with Crippen LogP contribution in [-0.4, -0.2) is 12.4 Å². The first-order valence-corrected chi connectivity index (χ1v) is 53.9. The second kappa shape index (κ2) is 57.7. The van der Waals surface area contributed by atoms with Crippen molar-refractivity contribution in [3.05, 3.63) is 209 Å². The summed E-state index contributed by atoms with van der Waals surface area (Å²) >= 11 is 0. The van der Waals surface area contributed by atoms with Crippen LogP contribution >= 0.6 is 0 Å². The highest BCUT2D eigenvalue weighted by Gasteiger charge is 2.56. The minimum absolute atomic E-state index is 0. The van der Waals surface area contributed by atoms with Gasteiger partial charge in [0.1, 0.15) is 0 Å². The van der Waals surface area contributed by atoms with Gasteiger partial charge in [-0.3, -0.25) is 0 Å². The molecule has 145 heavy (non-hydrogen) atoms. The molecule has 0 heterocycles. The number of rotatable bonds is 15. The molecule has 6 aromatic rings. The van der Waals surface area contributed by atoms with E-state index in [1.165, 1.54) is 63.8 Å². The van der Waals surface area contributed by atoms with Crippen LogP contribution in [0, 0.1) is 67.5 Å². The second-order valence-electron chi connectivity index (χ2n) is 59.4. The van der Waals surface area contributed by atoms with Gasteiger partial charge in [-0.1, -0.05) is 550 Å². The predicted octanol–water partition coefficient (Wildman–Crippen LogP) is 47.7. The monoisotopic (exact) mass is 2030 g/mol. The summed E-state index contributed by atoms with van der Waals surface area (Å²) in [7, 11) is 0. The minimum atomic E-state index is -4.40. The SMILES string of the molecule is C.C.C.C.C.C.C.C.CC(C)(C)C12CC3CC(CC(C3)C1)C2.CC(C)(C)Cc1cccc(CC(C)(C)C)c1C(C)(C)C.CC(C)(C)c1c(CC(C)(C)C(F)(F)F)cccc1CC(C)(C)C(F)(F)F.CC(C)(C)c1cccc(C(C)(C)C)c1C(C)(C)C.CC(C)Cc1cccc(CC(C)C)c1C(C)(C)C.CC(C)c1cc(C(C)C)c(C(C)(C)C)c(C(C)C)c1.CC(C)c1cccc(C(C)C)c1C(C)(C)C.CCC(C)(C)C. The van der Waals surface area contributed by atoms with Gasteiger partial charge in [0, 0.05) is 0 Å². The van der Waals surface area contributed by atoms with E-state index in [9.17, 15) is 26.3 Å². The van der Waals surface area contributed by atoms with Crippen molar-refractivity contribution < 1.29 is 26.3 Å². The molecule has 0 radical (unpaired) electrons. The Morgan fingerprint density at radius 1 is 0.255 bits per heavy atom. The zero-order valence-corrected chi connectivity index (χ0v) is 100. The van der Waals surface area contributed by atoms with E-state index >= 15 is 0 Å². The molecule has 4 aliphatic rings. The van der Waals surface area contributed by atoms with E-state index in [4.69, 9.17) is 0 Å². The molecule has 0 aromatic heterocycles. The molecular weight excluding hydrogens is 1780 g/mol. The molecule has 0 atom stereocenters. The fraction of sp³-hybridized carbons (Fsp3) is 0.741. The van der Waals surface area contributed by atoms with Gasteiger partial charge in [-0.15, -0.1) is 0 Å². The van der Waals surface area contributed by atoms with Crippen LogP contribution in [0.3, 0.4) is 0 Å². The Morgan fingerprint density at radius 3 is 0.662 bits per heavy atom. The zero-order valence-electron chi connectivity index (χ0n) is 100. The lowest BCUT2D eigenvalue weighted by Gasteiger charge is -2.62. The first-order valence-electron chi connectivity index (χ1n) is 53.9. The lowest BCUT2D eigenvalue weighted by molar-refractivity contribution is -0.211. The van der Waals surface area contributed by atoms with Crippen molar-refractivity contribution in [2.24, 2.45) is 67.5 Å². The van der Waals surface area contributed by atoms with Gasteiger partial charge in [0.15, 0.2) is 0 Å². The van der Waals surface area contributed by atoms with Crippen LogP contribution in [0.2, 0.25) is 0 Å². The first kappa shape index (κ1) is 153. The topological polar surface area (TPSA) is 0 Å². The van der Waals surface area contributed by atoms with Crippen molar-refractivity contribution in [2.45, 2.75) is 609 Å². The van der Waals surface area contributed by atoms with Gasteiger partial charge in [-0.25, -0.2) is 0 Å². The van der Waals surface area contributed by atoms with E-state index in [1.807, 2.05) is 20.8 Å². The molecule has 6 heteroatoms. The number of hydrogen-bond donors (Lipinski definition) is 0. The van der Waals surface area contributed by atoms with Crippen LogP contribution in [0.4, 0.5) is 26.3 Å². The molecule has 4 bridgehead atoms. The van der Waals surface area contributed by atoms with Gasteiger partial charge in [-0.05, 0) is 312 Å². The zero-order chi connectivity index (χ0) is 107.